The Morgan fingerprint density at radius 2 is 1.88 bits per heavy atom. The molecule has 2 saturated heterocycles. The molecule has 186 valence electrons. The molecule has 2 unspecified atom stereocenters. The molecule has 0 radical (unpaired) electrons. The molecule has 1 spiro atoms. The molecule has 3 amide bonds. The van der Waals surface area contributed by atoms with Crippen LogP contribution in [0.1, 0.15) is 51.9 Å². The van der Waals surface area contributed by atoms with Crippen LogP contribution in [0.2, 0.25) is 0 Å². The Kier molecular flexibility index (Phi) is 7.73. The first-order valence-electron chi connectivity index (χ1n) is 12.4. The van der Waals surface area contributed by atoms with Crippen LogP contribution in [0.5, 0.6) is 0 Å². The van der Waals surface area contributed by atoms with Crippen molar-refractivity contribution in [2.24, 2.45) is 11.3 Å². The normalized spacial score (nSPS) is 21.9. The number of amides is 3. The smallest absolute Gasteiger partial charge is 0.247 e. The van der Waals surface area contributed by atoms with Gasteiger partial charge in [-0.25, -0.2) is 5.48 Å². The number of anilines is 2. The summed E-state index contributed by atoms with van der Waals surface area (Å²) in [5.41, 5.74) is 3.47. The summed E-state index contributed by atoms with van der Waals surface area (Å²) < 4.78 is 5.41. The van der Waals surface area contributed by atoms with Crippen molar-refractivity contribution in [2.75, 3.05) is 43.1 Å². The molecule has 2 atom stereocenters. The Balaban J connectivity index is 1.43. The topological polar surface area (TPSA) is 111 Å². The predicted molar refractivity (Wildman–Crippen MR) is 127 cm³/mol. The first-order chi connectivity index (χ1) is 16.4. The minimum absolute atomic E-state index is 0.0341. The Morgan fingerprint density at radius 3 is 2.50 bits per heavy atom. The van der Waals surface area contributed by atoms with Gasteiger partial charge in [0.15, 0.2) is 0 Å². The summed E-state index contributed by atoms with van der Waals surface area (Å²) in [7, 11) is 0. The second-order valence-electron chi connectivity index (χ2n) is 9.90. The quantitative estimate of drug-likeness (QED) is 0.376. The highest BCUT2D eigenvalue weighted by Crippen LogP contribution is 2.55. The van der Waals surface area contributed by atoms with E-state index in [1.807, 2.05) is 31.2 Å². The van der Waals surface area contributed by atoms with E-state index in [0.29, 0.717) is 38.3 Å². The van der Waals surface area contributed by atoms with Crippen molar-refractivity contribution < 1.29 is 24.3 Å². The number of rotatable bonds is 9. The van der Waals surface area contributed by atoms with E-state index in [0.717, 1.165) is 44.5 Å². The summed E-state index contributed by atoms with van der Waals surface area (Å²) in [6, 6.07) is 7.23. The number of ether oxygens (including phenoxy) is 1. The van der Waals surface area contributed by atoms with Gasteiger partial charge in [0.1, 0.15) is 6.04 Å². The number of nitrogens with one attached hydrogen (secondary N) is 2. The summed E-state index contributed by atoms with van der Waals surface area (Å²) in [6.07, 6.45) is 4.89. The summed E-state index contributed by atoms with van der Waals surface area (Å²) in [4.78, 5) is 42.5. The van der Waals surface area contributed by atoms with Gasteiger partial charge in [-0.2, -0.15) is 0 Å². The molecule has 3 aliphatic rings. The summed E-state index contributed by atoms with van der Waals surface area (Å²) in [5.74, 6) is -1.46. The largest absolute Gasteiger partial charge is 0.378 e. The molecule has 34 heavy (non-hydrogen) atoms. The van der Waals surface area contributed by atoms with Crippen LogP contribution in [0, 0.1) is 11.3 Å². The molecule has 1 aromatic rings. The van der Waals surface area contributed by atoms with Gasteiger partial charge in [0.05, 0.1) is 13.2 Å². The van der Waals surface area contributed by atoms with Crippen LogP contribution >= 0.6 is 0 Å². The molecule has 3 N–H and O–H groups in total. The van der Waals surface area contributed by atoms with Crippen molar-refractivity contribution in [3.63, 3.8) is 0 Å². The van der Waals surface area contributed by atoms with Crippen LogP contribution in [0.4, 0.5) is 11.4 Å². The van der Waals surface area contributed by atoms with Crippen molar-refractivity contribution in [3.05, 3.63) is 24.3 Å². The zero-order valence-electron chi connectivity index (χ0n) is 19.9. The van der Waals surface area contributed by atoms with Crippen LogP contribution in [-0.2, 0) is 19.1 Å². The third-order valence-electron chi connectivity index (χ3n) is 7.37. The molecular weight excluding hydrogens is 436 g/mol. The Labute approximate surface area is 200 Å². The fourth-order valence-electron chi connectivity index (χ4n) is 5.13. The lowest BCUT2D eigenvalue weighted by Crippen LogP contribution is -2.46. The molecule has 2 heterocycles. The van der Waals surface area contributed by atoms with Gasteiger partial charge in [-0.3, -0.25) is 19.6 Å². The fourth-order valence-corrected chi connectivity index (χ4v) is 5.13. The highest BCUT2D eigenvalue weighted by Gasteiger charge is 2.55. The number of hydroxylamine groups is 1. The number of unbranched alkanes of at least 4 members (excludes halogenated alkanes) is 1. The number of hydrogen-bond donors (Lipinski definition) is 3. The fraction of sp³-hybridized carbons (Fsp3) is 0.640. The van der Waals surface area contributed by atoms with E-state index in [4.69, 9.17) is 9.94 Å². The highest BCUT2D eigenvalue weighted by molar-refractivity contribution is 5.98. The van der Waals surface area contributed by atoms with Crippen molar-refractivity contribution in [2.45, 2.75) is 57.9 Å². The number of carbonyl (C=O) groups excluding carboxylic acids is 3. The van der Waals surface area contributed by atoms with Crippen LogP contribution < -0.4 is 15.7 Å². The third kappa shape index (κ3) is 5.70. The van der Waals surface area contributed by atoms with E-state index in [-0.39, 0.29) is 23.7 Å². The number of carbonyl (C=O) groups is 3. The number of likely N-dealkylation sites (tertiary alicyclic amines) is 1. The molecule has 4 rings (SSSR count). The average molecular weight is 473 g/mol. The van der Waals surface area contributed by atoms with E-state index in [2.05, 4.69) is 10.2 Å². The van der Waals surface area contributed by atoms with Crippen LogP contribution in [-0.4, -0.2) is 66.7 Å². The molecule has 1 saturated carbocycles. The Bertz CT molecular complexity index is 880. The molecule has 2 aliphatic heterocycles. The van der Waals surface area contributed by atoms with E-state index < -0.39 is 17.9 Å². The maximum Gasteiger partial charge on any atom is 0.247 e. The van der Waals surface area contributed by atoms with Gasteiger partial charge in [-0.05, 0) is 55.4 Å². The summed E-state index contributed by atoms with van der Waals surface area (Å²) in [6.45, 7) is 5.71. The second kappa shape index (κ2) is 10.7. The SMILES string of the molecule is CCCCC(CC(=O)NO)C(=O)N1CC2(CC2)CC1C(=O)Nc1ccc(N2CCOCC2)cc1. The second-order valence-corrected chi connectivity index (χ2v) is 9.90. The molecule has 1 aliphatic carbocycles. The van der Waals surface area contributed by atoms with Crippen molar-refractivity contribution in [3.8, 4) is 0 Å². The van der Waals surface area contributed by atoms with E-state index in [1.54, 1.807) is 10.4 Å². The van der Waals surface area contributed by atoms with Crippen molar-refractivity contribution in [1.29, 1.82) is 0 Å². The summed E-state index contributed by atoms with van der Waals surface area (Å²) >= 11 is 0. The zero-order valence-corrected chi connectivity index (χ0v) is 19.9. The number of hydrogen-bond acceptors (Lipinski definition) is 6. The molecule has 9 heteroatoms. The molecule has 9 nitrogen and oxygen atoms in total. The minimum Gasteiger partial charge on any atom is -0.378 e. The average Bonchev–Trinajstić information content (AvgIpc) is 3.51. The number of benzene rings is 1. The highest BCUT2D eigenvalue weighted by atomic mass is 16.5. The molecule has 3 fully saturated rings. The van der Waals surface area contributed by atoms with Crippen LogP contribution in [0.15, 0.2) is 24.3 Å². The third-order valence-corrected chi connectivity index (χ3v) is 7.37. The van der Waals surface area contributed by atoms with Gasteiger partial charge in [0, 0.05) is 43.3 Å². The van der Waals surface area contributed by atoms with Crippen LogP contribution in [0.3, 0.4) is 0 Å². The first-order valence-corrected chi connectivity index (χ1v) is 12.4. The maximum absolute atomic E-state index is 13.5. The van der Waals surface area contributed by atoms with Gasteiger partial charge in [-0.1, -0.05) is 19.8 Å². The van der Waals surface area contributed by atoms with E-state index in [9.17, 15) is 14.4 Å². The molecular formula is C25H36N4O5. The first kappa shape index (κ1) is 24.5. The van der Waals surface area contributed by atoms with Crippen LogP contribution in [0.25, 0.3) is 0 Å². The molecule has 1 aromatic carbocycles. The maximum atomic E-state index is 13.5. The Hall–Kier alpha value is -2.65. The lowest BCUT2D eigenvalue weighted by atomic mass is 9.96. The monoisotopic (exact) mass is 472 g/mol. The standard InChI is InChI=1S/C25H36N4O5/c1-2-3-4-18(15-22(30)27-33)24(32)29-17-25(9-10-25)16-21(29)23(31)26-19-5-7-20(8-6-19)28-11-13-34-14-12-28/h5-8,18,21,33H,2-4,9-17H2,1H3,(H,26,31)(H,27,30). The number of nitrogens with zero attached hydrogens (tertiary/aromatic N) is 2. The van der Waals surface area contributed by atoms with Gasteiger partial charge in [0.2, 0.25) is 17.7 Å². The van der Waals surface area contributed by atoms with Gasteiger partial charge >= 0.3 is 0 Å². The van der Waals surface area contributed by atoms with E-state index in [1.165, 1.54) is 0 Å². The van der Waals surface area contributed by atoms with E-state index >= 15 is 0 Å². The zero-order chi connectivity index (χ0) is 24.1. The van der Waals surface area contributed by atoms with Crippen molar-refractivity contribution >= 4 is 29.1 Å². The predicted octanol–water partition coefficient (Wildman–Crippen LogP) is 2.54. The van der Waals surface area contributed by atoms with Gasteiger partial charge in [-0.15, -0.1) is 0 Å². The lowest BCUT2D eigenvalue weighted by Gasteiger charge is -2.29. The Morgan fingerprint density at radius 1 is 1.18 bits per heavy atom. The number of morpholine rings is 1. The van der Waals surface area contributed by atoms with Gasteiger partial charge in [0.25, 0.3) is 0 Å². The summed E-state index contributed by atoms with van der Waals surface area (Å²) in [5, 5.41) is 12.0. The molecule has 0 bridgehead atoms. The van der Waals surface area contributed by atoms with Crippen molar-refractivity contribution in [1.82, 2.24) is 10.4 Å². The molecule has 0 aromatic heterocycles. The minimum atomic E-state index is -0.573. The lowest BCUT2D eigenvalue weighted by molar-refractivity contribution is -0.143. The van der Waals surface area contributed by atoms with Gasteiger partial charge < -0.3 is 19.9 Å².